The molecule has 0 aliphatic carbocycles. The van der Waals surface area contributed by atoms with Gasteiger partial charge in [0.15, 0.2) is 0 Å². The number of H-pyrrole nitrogens is 1. The van der Waals surface area contributed by atoms with Gasteiger partial charge >= 0.3 is 0 Å². The van der Waals surface area contributed by atoms with Gasteiger partial charge in [-0.25, -0.2) is 4.98 Å². The molecule has 1 N–H and O–H groups in total. The van der Waals surface area contributed by atoms with Crippen molar-refractivity contribution in [2.24, 2.45) is 0 Å². The molecule has 0 amide bonds. The SMILES string of the molecule is O=c1cccc[nH]1.c1ccn2ccnc2c1.c1ccncc1. The molecule has 0 saturated heterocycles. The average Bonchev–Trinajstić information content (AvgIpc) is 3.07. The van der Waals surface area contributed by atoms with Crippen LogP contribution in [0.25, 0.3) is 5.65 Å². The molecule has 0 bridgehead atoms. The van der Waals surface area contributed by atoms with Gasteiger partial charge < -0.3 is 9.38 Å². The lowest BCUT2D eigenvalue weighted by molar-refractivity contribution is 1.19. The normalized spacial score (nSPS) is 9.09. The Labute approximate surface area is 127 Å². The minimum absolute atomic E-state index is 0.0532. The van der Waals surface area contributed by atoms with E-state index in [1.807, 2.05) is 53.2 Å². The number of aromatic amines is 1. The zero-order valence-electron chi connectivity index (χ0n) is 11.9. The second-order valence-electron chi connectivity index (χ2n) is 4.14. The molecule has 0 saturated carbocycles. The summed E-state index contributed by atoms with van der Waals surface area (Å²) in [5, 5.41) is 0. The lowest BCUT2D eigenvalue weighted by Gasteiger charge is -1.86. The Morgan fingerprint density at radius 1 is 0.818 bits per heavy atom. The molecule has 4 aromatic rings. The predicted molar refractivity (Wildman–Crippen MR) is 86.5 cm³/mol. The summed E-state index contributed by atoms with van der Waals surface area (Å²) in [6.45, 7) is 0. The van der Waals surface area contributed by atoms with E-state index in [4.69, 9.17) is 0 Å². The smallest absolute Gasteiger partial charge is 0.247 e. The van der Waals surface area contributed by atoms with Gasteiger partial charge in [0.05, 0.1) is 0 Å². The fourth-order valence-electron chi connectivity index (χ4n) is 1.55. The molecule has 0 atom stereocenters. The van der Waals surface area contributed by atoms with Crippen molar-refractivity contribution in [2.75, 3.05) is 0 Å². The fraction of sp³-hybridized carbons (Fsp3) is 0. The minimum atomic E-state index is -0.0532. The quantitative estimate of drug-likeness (QED) is 0.542. The highest BCUT2D eigenvalue weighted by molar-refractivity contribution is 5.36. The third-order valence-corrected chi connectivity index (χ3v) is 2.55. The Morgan fingerprint density at radius 2 is 1.64 bits per heavy atom. The van der Waals surface area contributed by atoms with E-state index >= 15 is 0 Å². The molecule has 110 valence electrons. The summed E-state index contributed by atoms with van der Waals surface area (Å²) in [6.07, 6.45) is 10.8. The van der Waals surface area contributed by atoms with Crippen LogP contribution in [-0.2, 0) is 0 Å². The van der Waals surface area contributed by atoms with Gasteiger partial charge in [-0.15, -0.1) is 0 Å². The first-order valence-corrected chi connectivity index (χ1v) is 6.73. The van der Waals surface area contributed by atoms with Crippen LogP contribution in [0.2, 0.25) is 0 Å². The third-order valence-electron chi connectivity index (χ3n) is 2.55. The summed E-state index contributed by atoms with van der Waals surface area (Å²) in [4.78, 5) is 20.6. The number of fused-ring (bicyclic) bond motifs is 1. The van der Waals surface area contributed by atoms with Crippen LogP contribution < -0.4 is 5.56 Å². The van der Waals surface area contributed by atoms with Gasteiger partial charge in [0.1, 0.15) is 5.65 Å². The first kappa shape index (κ1) is 15.2. The van der Waals surface area contributed by atoms with Gasteiger partial charge in [0.25, 0.3) is 0 Å². The van der Waals surface area contributed by atoms with E-state index in [9.17, 15) is 4.79 Å². The monoisotopic (exact) mass is 292 g/mol. The molecular formula is C17H16N4O. The predicted octanol–water partition coefficient (Wildman–Crippen LogP) is 2.79. The number of rotatable bonds is 0. The maximum absolute atomic E-state index is 10.2. The second-order valence-corrected chi connectivity index (χ2v) is 4.14. The van der Waals surface area contributed by atoms with Crippen molar-refractivity contribution in [3.8, 4) is 0 Å². The van der Waals surface area contributed by atoms with Crippen LogP contribution in [0.1, 0.15) is 0 Å². The Hall–Kier alpha value is -3.21. The maximum Gasteiger partial charge on any atom is 0.247 e. The zero-order chi connectivity index (χ0) is 15.5. The van der Waals surface area contributed by atoms with Crippen molar-refractivity contribution < 1.29 is 0 Å². The molecule has 0 aliphatic heterocycles. The highest BCUT2D eigenvalue weighted by Crippen LogP contribution is 1.96. The maximum atomic E-state index is 10.2. The number of aromatic nitrogens is 4. The Kier molecular flexibility index (Phi) is 6.12. The van der Waals surface area contributed by atoms with Gasteiger partial charge in [-0.2, -0.15) is 0 Å². The van der Waals surface area contributed by atoms with Crippen LogP contribution in [0, 0.1) is 0 Å². The number of nitrogens with one attached hydrogen (secondary N) is 1. The van der Waals surface area contributed by atoms with Crippen LogP contribution in [0.15, 0.2) is 96.6 Å². The number of hydrogen-bond acceptors (Lipinski definition) is 3. The fourth-order valence-corrected chi connectivity index (χ4v) is 1.55. The first-order chi connectivity index (χ1) is 10.9. The van der Waals surface area contributed by atoms with Gasteiger partial charge in [-0.05, 0) is 30.3 Å². The lowest BCUT2D eigenvalue weighted by atomic mass is 10.5. The van der Waals surface area contributed by atoms with Gasteiger partial charge in [-0.3, -0.25) is 9.78 Å². The molecule has 4 rings (SSSR count). The Morgan fingerprint density at radius 3 is 2.14 bits per heavy atom. The van der Waals surface area contributed by atoms with Gasteiger partial charge in [0, 0.05) is 43.2 Å². The first-order valence-electron chi connectivity index (χ1n) is 6.73. The summed E-state index contributed by atoms with van der Waals surface area (Å²) in [5.41, 5.74) is 0.944. The lowest BCUT2D eigenvalue weighted by Crippen LogP contribution is -1.98. The van der Waals surface area contributed by atoms with E-state index in [1.165, 1.54) is 6.07 Å². The summed E-state index contributed by atoms with van der Waals surface area (Å²) in [7, 11) is 0. The van der Waals surface area contributed by atoms with Crippen LogP contribution in [0.4, 0.5) is 0 Å². The molecule has 4 aromatic heterocycles. The van der Waals surface area contributed by atoms with Crippen molar-refractivity contribution in [1.82, 2.24) is 19.4 Å². The van der Waals surface area contributed by atoms with Crippen molar-refractivity contribution in [3.63, 3.8) is 0 Å². The molecule has 0 aliphatic rings. The van der Waals surface area contributed by atoms with Crippen molar-refractivity contribution >= 4 is 5.65 Å². The van der Waals surface area contributed by atoms with E-state index < -0.39 is 0 Å². The Balaban J connectivity index is 0.000000124. The molecule has 5 nitrogen and oxygen atoms in total. The zero-order valence-corrected chi connectivity index (χ0v) is 11.9. The van der Waals surface area contributed by atoms with Crippen LogP contribution >= 0.6 is 0 Å². The van der Waals surface area contributed by atoms with E-state index in [1.54, 1.807) is 36.9 Å². The standard InChI is InChI=1S/C7H6N2.C5H5NO.C5H5N/c1-2-5-9-6-4-8-7(9)3-1;7-5-3-1-2-4-6-5;1-2-4-6-5-3-1/h1-6H;1-4H,(H,6,7);1-5H. The molecular weight excluding hydrogens is 276 g/mol. The summed E-state index contributed by atoms with van der Waals surface area (Å²) < 4.78 is 1.97. The van der Waals surface area contributed by atoms with E-state index in [-0.39, 0.29) is 5.56 Å². The van der Waals surface area contributed by atoms with Crippen LogP contribution in [-0.4, -0.2) is 19.4 Å². The molecule has 22 heavy (non-hydrogen) atoms. The van der Waals surface area contributed by atoms with Gasteiger partial charge in [0.2, 0.25) is 5.56 Å². The molecule has 0 spiro atoms. The molecule has 0 aromatic carbocycles. The summed E-state index contributed by atoms with van der Waals surface area (Å²) in [5.74, 6) is 0. The van der Waals surface area contributed by atoms with E-state index in [0.717, 1.165) is 5.65 Å². The molecule has 4 heterocycles. The van der Waals surface area contributed by atoms with Crippen LogP contribution in [0.5, 0.6) is 0 Å². The molecule has 0 radical (unpaired) electrons. The molecule has 5 heteroatoms. The Bertz CT molecular complexity index is 750. The minimum Gasteiger partial charge on any atom is -0.329 e. The van der Waals surface area contributed by atoms with Crippen molar-refractivity contribution in [2.45, 2.75) is 0 Å². The third kappa shape index (κ3) is 5.42. The van der Waals surface area contributed by atoms with Crippen LogP contribution in [0.3, 0.4) is 0 Å². The topological polar surface area (TPSA) is 63.0 Å². The number of imidazole rings is 1. The highest BCUT2D eigenvalue weighted by Gasteiger charge is 1.85. The molecule has 0 fully saturated rings. The van der Waals surface area contributed by atoms with Crippen molar-refractivity contribution in [3.05, 3.63) is 102 Å². The number of pyridine rings is 3. The number of hydrogen-bond donors (Lipinski definition) is 1. The summed E-state index contributed by atoms with van der Waals surface area (Å²) in [6, 6.07) is 16.6. The highest BCUT2D eigenvalue weighted by atomic mass is 16.1. The van der Waals surface area contributed by atoms with E-state index in [2.05, 4.69) is 15.0 Å². The van der Waals surface area contributed by atoms with Gasteiger partial charge in [-0.1, -0.05) is 18.2 Å². The average molecular weight is 292 g/mol. The number of nitrogens with zero attached hydrogens (tertiary/aromatic N) is 3. The second kappa shape index (κ2) is 8.86. The largest absolute Gasteiger partial charge is 0.329 e. The summed E-state index contributed by atoms with van der Waals surface area (Å²) >= 11 is 0. The van der Waals surface area contributed by atoms with E-state index in [0.29, 0.717) is 0 Å². The molecule has 0 unspecified atom stereocenters. The van der Waals surface area contributed by atoms with Crippen molar-refractivity contribution in [1.29, 1.82) is 0 Å².